The second-order valence-corrected chi connectivity index (χ2v) is 7.90. The van der Waals surface area contributed by atoms with Crippen LogP contribution < -0.4 is 20.5 Å². The quantitative estimate of drug-likeness (QED) is 0.721. The standard InChI is InChI=1S/C22H32N2O3/c1-4-6-17-9-14(10-19(26-2)21(17)27-3)13-24-22(25)18-11-15-7-5-8-16(12-18)20(15)23/h4,9-10,15-16,18,20H,1,5-8,11-13,23H2,2-3H3,(H,24,25). The van der Waals surface area contributed by atoms with Gasteiger partial charge in [0.1, 0.15) is 0 Å². The fourth-order valence-corrected chi connectivity index (χ4v) is 4.85. The fourth-order valence-electron chi connectivity index (χ4n) is 4.85. The first-order valence-corrected chi connectivity index (χ1v) is 9.95. The van der Waals surface area contributed by atoms with Crippen molar-refractivity contribution in [3.05, 3.63) is 35.9 Å². The van der Waals surface area contributed by atoms with Gasteiger partial charge in [0.25, 0.3) is 0 Å². The van der Waals surface area contributed by atoms with Crippen LogP contribution in [0.3, 0.4) is 0 Å². The Balaban J connectivity index is 1.66. The Bertz CT molecular complexity index is 674. The van der Waals surface area contributed by atoms with Crippen LogP contribution in [0.25, 0.3) is 0 Å². The Labute approximate surface area is 162 Å². The van der Waals surface area contributed by atoms with Crippen molar-refractivity contribution in [1.29, 1.82) is 0 Å². The molecule has 0 aromatic heterocycles. The molecule has 0 spiro atoms. The highest BCUT2D eigenvalue weighted by atomic mass is 16.5. The molecule has 2 unspecified atom stereocenters. The van der Waals surface area contributed by atoms with Gasteiger partial charge in [0.15, 0.2) is 11.5 Å². The maximum Gasteiger partial charge on any atom is 0.223 e. The van der Waals surface area contributed by atoms with Crippen LogP contribution in [0.5, 0.6) is 11.5 Å². The van der Waals surface area contributed by atoms with E-state index in [1.165, 1.54) is 19.3 Å². The molecule has 2 fully saturated rings. The van der Waals surface area contributed by atoms with Gasteiger partial charge in [-0.05, 0) is 61.6 Å². The van der Waals surface area contributed by atoms with E-state index in [2.05, 4.69) is 18.0 Å². The fraction of sp³-hybridized carbons (Fsp3) is 0.591. The first-order chi connectivity index (χ1) is 13.1. The lowest BCUT2D eigenvalue weighted by Gasteiger charge is -2.43. The number of nitrogens with two attached hydrogens (primary N) is 1. The van der Waals surface area contributed by atoms with E-state index in [0.717, 1.165) is 29.7 Å². The van der Waals surface area contributed by atoms with E-state index in [1.54, 1.807) is 14.2 Å². The van der Waals surface area contributed by atoms with Crippen molar-refractivity contribution >= 4 is 5.91 Å². The molecule has 2 bridgehead atoms. The van der Waals surface area contributed by atoms with Crippen molar-refractivity contribution < 1.29 is 14.3 Å². The first-order valence-electron chi connectivity index (χ1n) is 9.95. The van der Waals surface area contributed by atoms with E-state index < -0.39 is 0 Å². The van der Waals surface area contributed by atoms with Crippen LogP contribution in [-0.2, 0) is 17.8 Å². The van der Waals surface area contributed by atoms with Gasteiger partial charge in [-0.2, -0.15) is 0 Å². The number of benzene rings is 1. The van der Waals surface area contributed by atoms with Gasteiger partial charge >= 0.3 is 0 Å². The van der Waals surface area contributed by atoms with Crippen molar-refractivity contribution in [1.82, 2.24) is 5.32 Å². The maximum atomic E-state index is 12.8. The molecular formula is C22H32N2O3. The molecule has 27 heavy (non-hydrogen) atoms. The largest absolute Gasteiger partial charge is 0.493 e. The molecule has 2 atom stereocenters. The lowest BCUT2D eigenvalue weighted by molar-refractivity contribution is -0.128. The highest BCUT2D eigenvalue weighted by molar-refractivity contribution is 5.78. The molecule has 1 aromatic carbocycles. The lowest BCUT2D eigenvalue weighted by Crippen LogP contribution is -2.49. The number of allylic oxidation sites excluding steroid dienone is 1. The Morgan fingerprint density at radius 2 is 1.96 bits per heavy atom. The number of ether oxygens (including phenoxy) is 2. The molecule has 1 amide bonds. The first kappa shape index (κ1) is 19.7. The summed E-state index contributed by atoms with van der Waals surface area (Å²) in [6, 6.07) is 4.27. The van der Waals surface area contributed by atoms with E-state index in [-0.39, 0.29) is 17.9 Å². The predicted molar refractivity (Wildman–Crippen MR) is 107 cm³/mol. The van der Waals surface area contributed by atoms with Crippen molar-refractivity contribution in [2.24, 2.45) is 23.5 Å². The monoisotopic (exact) mass is 372 g/mol. The zero-order valence-electron chi connectivity index (χ0n) is 16.5. The van der Waals surface area contributed by atoms with Crippen LogP contribution in [0.1, 0.15) is 43.2 Å². The molecule has 3 N–H and O–H groups in total. The number of carbonyl (C=O) groups is 1. The Morgan fingerprint density at radius 3 is 2.56 bits per heavy atom. The molecule has 5 heteroatoms. The molecule has 0 radical (unpaired) electrons. The smallest absolute Gasteiger partial charge is 0.223 e. The van der Waals surface area contributed by atoms with Gasteiger partial charge in [0.05, 0.1) is 14.2 Å². The number of hydrogen-bond acceptors (Lipinski definition) is 4. The van der Waals surface area contributed by atoms with E-state index in [4.69, 9.17) is 15.2 Å². The van der Waals surface area contributed by atoms with Crippen LogP contribution in [0.2, 0.25) is 0 Å². The second kappa shape index (κ2) is 8.79. The number of hydrogen-bond donors (Lipinski definition) is 2. The van der Waals surface area contributed by atoms with Gasteiger partial charge in [-0.3, -0.25) is 4.79 Å². The highest BCUT2D eigenvalue weighted by Gasteiger charge is 2.40. The molecular weight excluding hydrogens is 340 g/mol. The second-order valence-electron chi connectivity index (χ2n) is 7.90. The molecule has 5 nitrogen and oxygen atoms in total. The van der Waals surface area contributed by atoms with Gasteiger partial charge in [-0.1, -0.05) is 12.5 Å². The minimum Gasteiger partial charge on any atom is -0.493 e. The zero-order chi connectivity index (χ0) is 19.4. The van der Waals surface area contributed by atoms with Crippen LogP contribution in [0, 0.1) is 17.8 Å². The van der Waals surface area contributed by atoms with E-state index in [1.807, 2.05) is 12.1 Å². The van der Waals surface area contributed by atoms with Crippen LogP contribution in [0.4, 0.5) is 0 Å². The van der Waals surface area contributed by atoms with Gasteiger partial charge in [-0.15, -0.1) is 6.58 Å². The number of rotatable bonds is 7. The summed E-state index contributed by atoms with van der Waals surface area (Å²) < 4.78 is 10.9. The van der Waals surface area contributed by atoms with Crippen LogP contribution in [-0.4, -0.2) is 26.2 Å². The predicted octanol–water partition coefficient (Wildman–Crippen LogP) is 3.20. The normalized spacial score (nSPS) is 26.9. The summed E-state index contributed by atoms with van der Waals surface area (Å²) >= 11 is 0. The van der Waals surface area contributed by atoms with Crippen LogP contribution in [0.15, 0.2) is 24.8 Å². The van der Waals surface area contributed by atoms with Gasteiger partial charge in [-0.25, -0.2) is 0 Å². The Kier molecular flexibility index (Phi) is 6.42. The summed E-state index contributed by atoms with van der Waals surface area (Å²) in [5.74, 6) is 2.66. The summed E-state index contributed by atoms with van der Waals surface area (Å²) in [7, 11) is 3.26. The SMILES string of the molecule is C=CCc1cc(CNC(=O)C2CC3CCCC(C2)C3N)cc(OC)c1OC. The lowest BCUT2D eigenvalue weighted by atomic mass is 9.65. The molecule has 2 aliphatic carbocycles. The third kappa shape index (κ3) is 4.29. The minimum atomic E-state index is 0.0906. The average Bonchev–Trinajstić information content (AvgIpc) is 2.65. The zero-order valence-corrected chi connectivity index (χ0v) is 16.5. The number of fused-ring (bicyclic) bond motifs is 2. The Hall–Kier alpha value is -2.01. The van der Waals surface area contributed by atoms with Crippen molar-refractivity contribution in [2.75, 3.05) is 14.2 Å². The number of nitrogens with one attached hydrogen (secondary N) is 1. The average molecular weight is 373 g/mol. The number of amides is 1. The van der Waals surface area contributed by atoms with E-state index >= 15 is 0 Å². The molecule has 2 aliphatic rings. The number of methoxy groups -OCH3 is 2. The summed E-state index contributed by atoms with van der Waals surface area (Å²) in [5, 5.41) is 3.13. The Morgan fingerprint density at radius 1 is 1.26 bits per heavy atom. The summed E-state index contributed by atoms with van der Waals surface area (Å²) in [6.45, 7) is 4.30. The third-order valence-electron chi connectivity index (χ3n) is 6.23. The molecule has 2 saturated carbocycles. The maximum absolute atomic E-state index is 12.8. The van der Waals surface area contributed by atoms with Crippen molar-refractivity contribution in [3.8, 4) is 11.5 Å². The third-order valence-corrected chi connectivity index (χ3v) is 6.23. The van der Waals surface area contributed by atoms with Crippen molar-refractivity contribution in [3.63, 3.8) is 0 Å². The van der Waals surface area contributed by atoms with E-state index in [9.17, 15) is 4.79 Å². The minimum absolute atomic E-state index is 0.0906. The van der Waals surface area contributed by atoms with Crippen LogP contribution >= 0.6 is 0 Å². The van der Waals surface area contributed by atoms with Gasteiger partial charge in [0.2, 0.25) is 5.91 Å². The summed E-state index contributed by atoms with van der Waals surface area (Å²) in [6.07, 6.45) is 7.97. The van der Waals surface area contributed by atoms with E-state index in [0.29, 0.717) is 30.6 Å². The highest BCUT2D eigenvalue weighted by Crippen LogP contribution is 2.42. The van der Waals surface area contributed by atoms with Gasteiger partial charge < -0.3 is 20.5 Å². The molecule has 0 saturated heterocycles. The molecule has 3 rings (SSSR count). The molecule has 1 aromatic rings. The molecule has 0 aliphatic heterocycles. The van der Waals surface area contributed by atoms with Gasteiger partial charge in [0, 0.05) is 24.1 Å². The topological polar surface area (TPSA) is 73.6 Å². The molecule has 148 valence electrons. The number of carbonyl (C=O) groups excluding carboxylic acids is 1. The summed E-state index contributed by atoms with van der Waals surface area (Å²) in [4.78, 5) is 12.8. The summed E-state index contributed by atoms with van der Waals surface area (Å²) in [5.41, 5.74) is 8.36. The molecule has 0 heterocycles. The van der Waals surface area contributed by atoms with Crippen molar-refractivity contribution in [2.45, 2.75) is 51.1 Å².